The molecule has 0 spiro atoms. The summed E-state index contributed by atoms with van der Waals surface area (Å²) in [5, 5.41) is 8.48. The van der Waals surface area contributed by atoms with Gasteiger partial charge in [-0.25, -0.2) is 14.6 Å². The van der Waals surface area contributed by atoms with Gasteiger partial charge in [0.25, 0.3) is 0 Å². The first kappa shape index (κ1) is 27.3. The summed E-state index contributed by atoms with van der Waals surface area (Å²) in [7, 11) is 0. The summed E-state index contributed by atoms with van der Waals surface area (Å²) in [5.74, 6) is 2.40. The smallest absolute Gasteiger partial charge is 0.237 e. The molecule has 1 atom stereocenters. The number of carbonyl (C=O) groups excluding carboxylic acids is 1. The van der Waals surface area contributed by atoms with E-state index in [1.807, 2.05) is 66.2 Å². The second-order valence-electron chi connectivity index (χ2n) is 9.61. The van der Waals surface area contributed by atoms with Gasteiger partial charge in [-0.2, -0.15) is 5.10 Å². The number of rotatable bonds is 8. The lowest BCUT2D eigenvalue weighted by molar-refractivity contribution is -0.123. The number of hydrogen-bond acceptors (Lipinski definition) is 7. The second kappa shape index (κ2) is 12.2. The Kier molecular flexibility index (Phi) is 8.81. The molecule has 4 aromatic rings. The molecule has 0 saturated heterocycles. The third-order valence-corrected chi connectivity index (χ3v) is 6.90. The normalized spacial score (nSPS) is 17.9. The number of fused-ring (bicyclic) bond motifs is 1. The Morgan fingerprint density at radius 2 is 1.74 bits per heavy atom. The van der Waals surface area contributed by atoms with Gasteiger partial charge in [-0.15, -0.1) is 12.4 Å². The maximum absolute atomic E-state index is 12.3. The van der Waals surface area contributed by atoms with Gasteiger partial charge < -0.3 is 21.5 Å². The molecular weight excluding hydrogens is 502 g/mol. The topological polar surface area (TPSA) is 134 Å². The molecule has 10 heteroatoms. The lowest BCUT2D eigenvalue weighted by atomic mass is 9.91. The SMILES string of the molecule is CCC[C@H](N)C(=O)NC1CCC(n2ncc3c(N)nc(-c4ccc(Oc5ccccc5)cc4)nc32)CC1.Cl. The van der Waals surface area contributed by atoms with E-state index in [2.05, 4.69) is 15.4 Å². The van der Waals surface area contributed by atoms with Crippen molar-refractivity contribution in [2.24, 2.45) is 5.73 Å². The second-order valence-corrected chi connectivity index (χ2v) is 9.61. The zero-order valence-corrected chi connectivity index (χ0v) is 22.2. The van der Waals surface area contributed by atoms with Crippen LogP contribution in [0.4, 0.5) is 5.82 Å². The number of benzene rings is 2. The number of hydrogen-bond donors (Lipinski definition) is 3. The average molecular weight is 536 g/mol. The number of nitrogen functional groups attached to an aromatic ring is 1. The lowest BCUT2D eigenvalue weighted by Crippen LogP contribution is -2.46. The van der Waals surface area contributed by atoms with Crippen molar-refractivity contribution in [3.05, 3.63) is 60.8 Å². The Morgan fingerprint density at radius 1 is 1.05 bits per heavy atom. The van der Waals surface area contributed by atoms with E-state index in [0.29, 0.717) is 18.1 Å². The molecule has 1 aliphatic rings. The van der Waals surface area contributed by atoms with Crippen LogP contribution in [0.25, 0.3) is 22.4 Å². The van der Waals surface area contributed by atoms with Crippen molar-refractivity contribution in [2.45, 2.75) is 63.6 Å². The first-order chi connectivity index (χ1) is 18.0. The van der Waals surface area contributed by atoms with Gasteiger partial charge in [0.1, 0.15) is 17.3 Å². The third-order valence-electron chi connectivity index (χ3n) is 6.90. The van der Waals surface area contributed by atoms with Crippen LogP contribution in [0.1, 0.15) is 51.5 Å². The number of amides is 1. The predicted molar refractivity (Wildman–Crippen MR) is 151 cm³/mol. The zero-order valence-electron chi connectivity index (χ0n) is 21.4. The summed E-state index contributed by atoms with van der Waals surface area (Å²) < 4.78 is 7.86. The number of carbonyl (C=O) groups is 1. The van der Waals surface area contributed by atoms with Crippen LogP contribution in [-0.2, 0) is 4.79 Å². The van der Waals surface area contributed by atoms with Gasteiger partial charge in [0.15, 0.2) is 11.5 Å². The highest BCUT2D eigenvalue weighted by molar-refractivity contribution is 5.87. The highest BCUT2D eigenvalue weighted by Gasteiger charge is 2.27. The monoisotopic (exact) mass is 535 g/mol. The minimum Gasteiger partial charge on any atom is -0.457 e. The molecule has 1 amide bonds. The van der Waals surface area contributed by atoms with Crippen molar-refractivity contribution in [3.63, 3.8) is 0 Å². The summed E-state index contributed by atoms with van der Waals surface area (Å²) in [4.78, 5) is 21.7. The van der Waals surface area contributed by atoms with Crippen LogP contribution in [-0.4, -0.2) is 37.7 Å². The Labute approximate surface area is 228 Å². The molecule has 2 aromatic heterocycles. The van der Waals surface area contributed by atoms with Gasteiger partial charge in [0.05, 0.1) is 23.7 Å². The largest absolute Gasteiger partial charge is 0.457 e. The quantitative estimate of drug-likeness (QED) is 0.288. The predicted octanol–water partition coefficient (Wildman–Crippen LogP) is 5.02. The van der Waals surface area contributed by atoms with Gasteiger partial charge in [-0.1, -0.05) is 31.5 Å². The fourth-order valence-electron chi connectivity index (χ4n) is 4.86. The first-order valence-corrected chi connectivity index (χ1v) is 12.9. The summed E-state index contributed by atoms with van der Waals surface area (Å²) in [6.07, 6.45) is 6.84. The van der Waals surface area contributed by atoms with E-state index >= 15 is 0 Å². The van der Waals surface area contributed by atoms with Crippen LogP contribution in [0.5, 0.6) is 11.5 Å². The van der Waals surface area contributed by atoms with Crippen molar-refractivity contribution in [1.29, 1.82) is 0 Å². The van der Waals surface area contributed by atoms with Crippen molar-refractivity contribution >= 4 is 35.2 Å². The number of nitrogens with one attached hydrogen (secondary N) is 1. The third kappa shape index (κ3) is 6.06. The van der Waals surface area contributed by atoms with E-state index in [1.54, 1.807) is 6.20 Å². The zero-order chi connectivity index (χ0) is 25.8. The first-order valence-electron chi connectivity index (χ1n) is 12.9. The van der Waals surface area contributed by atoms with E-state index in [0.717, 1.165) is 60.2 Å². The Hall–Kier alpha value is -3.69. The number of nitrogens with zero attached hydrogens (tertiary/aromatic N) is 4. The number of anilines is 1. The minimum absolute atomic E-state index is 0. The van der Waals surface area contributed by atoms with E-state index in [4.69, 9.17) is 21.2 Å². The Morgan fingerprint density at radius 3 is 2.42 bits per heavy atom. The lowest BCUT2D eigenvalue weighted by Gasteiger charge is -2.30. The van der Waals surface area contributed by atoms with Gasteiger partial charge >= 0.3 is 0 Å². The summed E-state index contributed by atoms with van der Waals surface area (Å²) in [6, 6.07) is 17.2. The van der Waals surface area contributed by atoms with Crippen LogP contribution >= 0.6 is 12.4 Å². The van der Waals surface area contributed by atoms with Gasteiger partial charge in [-0.05, 0) is 68.5 Å². The highest BCUT2D eigenvalue weighted by atomic mass is 35.5. The molecular formula is C28H34ClN7O2. The van der Waals surface area contributed by atoms with Crippen LogP contribution in [0.2, 0.25) is 0 Å². The van der Waals surface area contributed by atoms with Crippen molar-refractivity contribution in [3.8, 4) is 22.9 Å². The number of ether oxygens (including phenoxy) is 1. The van der Waals surface area contributed by atoms with Crippen molar-refractivity contribution in [2.75, 3.05) is 5.73 Å². The number of para-hydroxylation sites is 1. The summed E-state index contributed by atoms with van der Waals surface area (Å²) in [5.41, 5.74) is 13.9. The minimum atomic E-state index is -0.435. The van der Waals surface area contributed by atoms with E-state index < -0.39 is 6.04 Å². The summed E-state index contributed by atoms with van der Waals surface area (Å²) in [6.45, 7) is 2.03. The standard InChI is InChI=1S/C28H33N7O2.ClH/c1-2-6-24(29)28(36)32-19-11-13-20(14-12-19)35-27-23(17-31-35)25(30)33-26(34-27)18-9-15-22(16-10-18)37-21-7-4-3-5-8-21;/h3-5,7-10,15-17,19-20,24H,2,6,11-14,29H2,1H3,(H,32,36)(H2,30,33,34);1H/t19?,20?,24-;/m0./s1. The fraction of sp³-hybridized carbons (Fsp3) is 0.357. The van der Waals surface area contributed by atoms with Crippen LogP contribution < -0.4 is 21.5 Å². The molecule has 1 saturated carbocycles. The van der Waals surface area contributed by atoms with Gasteiger partial charge in [0, 0.05) is 11.6 Å². The molecule has 0 bridgehead atoms. The summed E-state index contributed by atoms with van der Waals surface area (Å²) >= 11 is 0. The Bertz CT molecular complexity index is 1350. The van der Waals surface area contributed by atoms with E-state index in [9.17, 15) is 4.79 Å². The molecule has 9 nitrogen and oxygen atoms in total. The van der Waals surface area contributed by atoms with Crippen LogP contribution in [0.3, 0.4) is 0 Å². The highest BCUT2D eigenvalue weighted by Crippen LogP contribution is 2.32. The molecule has 200 valence electrons. The molecule has 1 aliphatic carbocycles. The fourth-order valence-corrected chi connectivity index (χ4v) is 4.86. The molecule has 38 heavy (non-hydrogen) atoms. The maximum Gasteiger partial charge on any atom is 0.237 e. The van der Waals surface area contributed by atoms with E-state index in [1.165, 1.54) is 0 Å². The number of halogens is 1. The van der Waals surface area contributed by atoms with E-state index in [-0.39, 0.29) is 30.4 Å². The molecule has 0 radical (unpaired) electrons. The average Bonchev–Trinajstić information content (AvgIpc) is 3.35. The van der Waals surface area contributed by atoms with Gasteiger partial charge in [-0.3, -0.25) is 4.79 Å². The van der Waals surface area contributed by atoms with Crippen LogP contribution in [0, 0.1) is 0 Å². The maximum atomic E-state index is 12.3. The van der Waals surface area contributed by atoms with Crippen molar-refractivity contribution < 1.29 is 9.53 Å². The molecule has 5 N–H and O–H groups in total. The number of aromatic nitrogens is 4. The number of nitrogens with two attached hydrogens (primary N) is 2. The molecule has 2 heterocycles. The van der Waals surface area contributed by atoms with Crippen molar-refractivity contribution in [1.82, 2.24) is 25.1 Å². The molecule has 5 rings (SSSR count). The van der Waals surface area contributed by atoms with Gasteiger partial charge in [0.2, 0.25) is 5.91 Å². The molecule has 0 aliphatic heterocycles. The van der Waals surface area contributed by atoms with Crippen LogP contribution in [0.15, 0.2) is 60.8 Å². The molecule has 0 unspecified atom stereocenters. The molecule has 2 aromatic carbocycles. The molecule has 1 fully saturated rings. The Balaban J connectivity index is 0.00000336.